The summed E-state index contributed by atoms with van der Waals surface area (Å²) in [5.74, 6) is 1.35. The maximum Gasteiger partial charge on any atom is 0.220 e. The molecular weight excluding hydrogens is 366 g/mol. The van der Waals surface area contributed by atoms with E-state index in [0.717, 1.165) is 18.9 Å². The number of sulfonamides is 1. The molecule has 0 saturated carbocycles. The van der Waals surface area contributed by atoms with E-state index in [-0.39, 0.29) is 11.2 Å². The van der Waals surface area contributed by atoms with Crippen LogP contribution in [0, 0.1) is 11.3 Å². The van der Waals surface area contributed by atoms with Gasteiger partial charge in [-0.15, -0.1) is 0 Å². The van der Waals surface area contributed by atoms with Gasteiger partial charge in [-0.05, 0) is 17.8 Å². The second kappa shape index (κ2) is 9.05. The van der Waals surface area contributed by atoms with Gasteiger partial charge in [-0.2, -0.15) is 4.31 Å². The lowest BCUT2D eigenvalue weighted by atomic mass is 9.84. The summed E-state index contributed by atoms with van der Waals surface area (Å²) in [4.78, 5) is 6.50. The Morgan fingerprint density at radius 2 is 2.00 bits per heavy atom. The molecule has 9 heteroatoms. The van der Waals surface area contributed by atoms with Crippen molar-refractivity contribution in [3.05, 3.63) is 18.0 Å². The van der Waals surface area contributed by atoms with Crippen LogP contribution >= 0.6 is 0 Å². The summed E-state index contributed by atoms with van der Waals surface area (Å²) in [5.41, 5.74) is 0.606. The molecular formula is C18H33N5O3S. The lowest BCUT2D eigenvalue weighted by Crippen LogP contribution is -2.54. The Bertz CT molecular complexity index is 705. The Labute approximate surface area is 163 Å². The molecule has 0 amide bonds. The summed E-state index contributed by atoms with van der Waals surface area (Å²) < 4.78 is 31.3. The molecule has 154 valence electrons. The van der Waals surface area contributed by atoms with Gasteiger partial charge in [0.15, 0.2) is 5.96 Å². The molecule has 1 aromatic rings. The number of aromatic nitrogens is 1. The Kier molecular flexibility index (Phi) is 7.27. The monoisotopic (exact) mass is 399 g/mol. The standard InChI is InChI=1S/C18H33N5O3S/c1-15(2)12-18(3,4)14-20-17(19-5)22-7-9-23(10-8-22)27(24,25)13-16-6-11-26-21-16/h6,11,15H,7-10,12-14H2,1-5H3,(H,19,20). The topological polar surface area (TPSA) is 91.0 Å². The van der Waals surface area contributed by atoms with E-state index in [4.69, 9.17) is 4.52 Å². The normalized spacial score (nSPS) is 17.6. The molecule has 0 atom stereocenters. The SMILES string of the molecule is CN=C(NCC(C)(C)CC(C)C)N1CCN(S(=O)(=O)Cc2ccon2)CC1. The summed E-state index contributed by atoms with van der Waals surface area (Å²) in [5, 5.41) is 7.16. The van der Waals surface area contributed by atoms with Gasteiger partial charge in [0.1, 0.15) is 12.0 Å². The Morgan fingerprint density at radius 3 is 2.52 bits per heavy atom. The van der Waals surface area contributed by atoms with Crippen molar-refractivity contribution in [2.75, 3.05) is 39.8 Å². The quantitative estimate of drug-likeness (QED) is 0.555. The Hall–Kier alpha value is -1.61. The highest BCUT2D eigenvalue weighted by molar-refractivity contribution is 7.88. The van der Waals surface area contributed by atoms with Gasteiger partial charge in [-0.3, -0.25) is 4.99 Å². The van der Waals surface area contributed by atoms with Crippen LogP contribution < -0.4 is 5.32 Å². The minimum Gasteiger partial charge on any atom is -0.364 e. The first kappa shape index (κ1) is 21.7. The van der Waals surface area contributed by atoms with Gasteiger partial charge < -0.3 is 14.7 Å². The van der Waals surface area contributed by atoms with Gasteiger partial charge in [-0.25, -0.2) is 8.42 Å². The molecule has 8 nitrogen and oxygen atoms in total. The van der Waals surface area contributed by atoms with E-state index in [0.29, 0.717) is 37.8 Å². The predicted octanol–water partition coefficient (Wildman–Crippen LogP) is 1.77. The second-order valence-corrected chi connectivity index (χ2v) is 10.3. The van der Waals surface area contributed by atoms with E-state index in [1.165, 1.54) is 10.6 Å². The van der Waals surface area contributed by atoms with Crippen LogP contribution in [-0.4, -0.2) is 68.5 Å². The molecule has 0 unspecified atom stereocenters. The number of aliphatic imine (C=N–C) groups is 1. The number of piperazine rings is 1. The second-order valence-electron chi connectivity index (χ2n) is 8.30. The van der Waals surface area contributed by atoms with E-state index >= 15 is 0 Å². The van der Waals surface area contributed by atoms with Crippen molar-refractivity contribution >= 4 is 16.0 Å². The Balaban J connectivity index is 1.87. The fraction of sp³-hybridized carbons (Fsp3) is 0.778. The first-order valence-corrected chi connectivity index (χ1v) is 11.1. The minimum atomic E-state index is -3.39. The molecule has 0 aliphatic carbocycles. The van der Waals surface area contributed by atoms with E-state index in [1.54, 1.807) is 13.1 Å². The summed E-state index contributed by atoms with van der Waals surface area (Å²) in [6.45, 7) is 11.9. The van der Waals surface area contributed by atoms with Crippen LogP contribution in [0.15, 0.2) is 21.8 Å². The van der Waals surface area contributed by atoms with E-state index in [2.05, 4.69) is 48.1 Å². The van der Waals surface area contributed by atoms with Crippen LogP contribution in [0.5, 0.6) is 0 Å². The highest BCUT2D eigenvalue weighted by atomic mass is 32.2. The fourth-order valence-corrected chi connectivity index (χ4v) is 5.02. The highest BCUT2D eigenvalue weighted by Crippen LogP contribution is 2.24. The molecule has 1 aromatic heterocycles. The summed E-state index contributed by atoms with van der Waals surface area (Å²) in [6.07, 6.45) is 2.52. The van der Waals surface area contributed by atoms with Crippen LogP contribution in [0.4, 0.5) is 0 Å². The lowest BCUT2D eigenvalue weighted by Gasteiger charge is -2.37. The zero-order valence-electron chi connectivity index (χ0n) is 17.1. The zero-order chi connectivity index (χ0) is 20.1. The van der Waals surface area contributed by atoms with Crippen LogP contribution in [0.25, 0.3) is 0 Å². The Morgan fingerprint density at radius 1 is 1.33 bits per heavy atom. The van der Waals surface area contributed by atoms with Crippen molar-refractivity contribution in [3.8, 4) is 0 Å². The van der Waals surface area contributed by atoms with Crippen LogP contribution in [0.2, 0.25) is 0 Å². The maximum absolute atomic E-state index is 12.5. The number of hydrogen-bond acceptors (Lipinski definition) is 5. The number of hydrogen-bond donors (Lipinski definition) is 1. The molecule has 0 radical (unpaired) electrons. The van der Waals surface area contributed by atoms with Crippen LogP contribution in [-0.2, 0) is 15.8 Å². The van der Waals surface area contributed by atoms with E-state index in [9.17, 15) is 8.42 Å². The first-order valence-electron chi connectivity index (χ1n) is 9.45. The average Bonchev–Trinajstić information content (AvgIpc) is 3.07. The van der Waals surface area contributed by atoms with Crippen LogP contribution in [0.3, 0.4) is 0 Å². The van der Waals surface area contributed by atoms with Gasteiger partial charge >= 0.3 is 0 Å². The third-order valence-corrected chi connectivity index (χ3v) is 6.46. The molecule has 0 bridgehead atoms. The molecule has 2 heterocycles. The van der Waals surface area contributed by atoms with Crippen molar-refractivity contribution in [1.29, 1.82) is 0 Å². The molecule has 2 rings (SSSR count). The third kappa shape index (κ3) is 6.49. The van der Waals surface area contributed by atoms with Gasteiger partial charge in [-0.1, -0.05) is 32.9 Å². The van der Waals surface area contributed by atoms with Crippen molar-refractivity contribution in [2.24, 2.45) is 16.3 Å². The summed E-state index contributed by atoms with van der Waals surface area (Å²) in [6, 6.07) is 1.58. The number of nitrogens with one attached hydrogen (secondary N) is 1. The number of rotatable bonds is 7. The van der Waals surface area contributed by atoms with Crippen molar-refractivity contribution in [2.45, 2.75) is 39.9 Å². The van der Waals surface area contributed by atoms with Gasteiger partial charge in [0.25, 0.3) is 0 Å². The molecule has 0 spiro atoms. The zero-order valence-corrected chi connectivity index (χ0v) is 17.9. The minimum absolute atomic E-state index is 0.125. The average molecular weight is 400 g/mol. The largest absolute Gasteiger partial charge is 0.364 e. The van der Waals surface area contributed by atoms with E-state index in [1.807, 2.05) is 0 Å². The first-order chi connectivity index (χ1) is 12.6. The fourth-order valence-electron chi connectivity index (χ4n) is 3.60. The van der Waals surface area contributed by atoms with Crippen LogP contribution in [0.1, 0.15) is 39.8 Å². The molecule has 0 aromatic carbocycles. The van der Waals surface area contributed by atoms with Gasteiger partial charge in [0.2, 0.25) is 10.0 Å². The summed E-state index contributed by atoms with van der Waals surface area (Å²) in [7, 11) is -1.62. The van der Waals surface area contributed by atoms with Gasteiger partial charge in [0.05, 0.1) is 5.69 Å². The van der Waals surface area contributed by atoms with Crippen molar-refractivity contribution in [1.82, 2.24) is 19.7 Å². The smallest absolute Gasteiger partial charge is 0.220 e. The maximum atomic E-state index is 12.5. The van der Waals surface area contributed by atoms with Crippen molar-refractivity contribution < 1.29 is 12.9 Å². The van der Waals surface area contributed by atoms with E-state index < -0.39 is 10.0 Å². The molecule has 1 aliphatic heterocycles. The third-order valence-electron chi connectivity index (χ3n) is 4.65. The highest BCUT2D eigenvalue weighted by Gasteiger charge is 2.29. The molecule has 1 saturated heterocycles. The van der Waals surface area contributed by atoms with Gasteiger partial charge in [0, 0.05) is 45.8 Å². The number of guanidine groups is 1. The molecule has 1 aliphatic rings. The molecule has 1 N–H and O–H groups in total. The molecule has 27 heavy (non-hydrogen) atoms. The lowest BCUT2D eigenvalue weighted by molar-refractivity contribution is 0.249. The predicted molar refractivity (Wildman–Crippen MR) is 107 cm³/mol. The molecule has 1 fully saturated rings. The summed E-state index contributed by atoms with van der Waals surface area (Å²) >= 11 is 0. The van der Waals surface area contributed by atoms with Crippen molar-refractivity contribution in [3.63, 3.8) is 0 Å². The number of nitrogens with zero attached hydrogens (tertiary/aromatic N) is 4.